The molecule has 0 atom stereocenters. The maximum Gasteiger partial charge on any atom is 0.326 e. The van der Waals surface area contributed by atoms with Crippen molar-refractivity contribution in [1.82, 2.24) is 4.57 Å². The third-order valence-electron chi connectivity index (χ3n) is 4.37. The lowest BCUT2D eigenvalue weighted by Gasteiger charge is -2.06. The third kappa shape index (κ3) is 4.22. The van der Waals surface area contributed by atoms with Gasteiger partial charge in [0, 0.05) is 5.56 Å². The first-order valence-corrected chi connectivity index (χ1v) is 10.0. The van der Waals surface area contributed by atoms with Crippen LogP contribution < -0.4 is 4.80 Å². The van der Waals surface area contributed by atoms with Gasteiger partial charge in [0.25, 0.3) is 5.91 Å². The van der Waals surface area contributed by atoms with Crippen molar-refractivity contribution in [2.24, 2.45) is 4.99 Å². The lowest BCUT2D eigenvalue weighted by atomic mass is 10.1. The molecule has 1 amide bonds. The summed E-state index contributed by atoms with van der Waals surface area (Å²) in [7, 11) is 0. The molecule has 0 bridgehead atoms. The van der Waals surface area contributed by atoms with Crippen molar-refractivity contribution in [2.45, 2.75) is 41.2 Å². The number of hydrogen-bond acceptors (Lipinski definition) is 4. The molecular formula is C22H24N2O3S. The second kappa shape index (κ2) is 8.10. The number of aromatic nitrogens is 1. The average Bonchev–Trinajstić information content (AvgIpc) is 2.92. The Labute approximate surface area is 168 Å². The molecule has 0 radical (unpaired) electrons. The number of ether oxygens (including phenoxy) is 1. The number of amides is 1. The fraction of sp³-hybridized carbons (Fsp3) is 0.318. The van der Waals surface area contributed by atoms with Gasteiger partial charge in [0.1, 0.15) is 6.54 Å². The van der Waals surface area contributed by atoms with Gasteiger partial charge >= 0.3 is 5.97 Å². The van der Waals surface area contributed by atoms with Crippen molar-refractivity contribution in [3.8, 4) is 0 Å². The molecular weight excluding hydrogens is 372 g/mol. The van der Waals surface area contributed by atoms with Crippen LogP contribution in [0.3, 0.4) is 0 Å². The Kier molecular flexibility index (Phi) is 5.79. The summed E-state index contributed by atoms with van der Waals surface area (Å²) in [6, 6.07) is 9.78. The van der Waals surface area contributed by atoms with E-state index in [0.29, 0.717) is 17.0 Å². The van der Waals surface area contributed by atoms with E-state index >= 15 is 0 Å². The molecule has 5 nitrogen and oxygen atoms in total. The summed E-state index contributed by atoms with van der Waals surface area (Å²) >= 11 is 1.42. The Bertz CT molecular complexity index is 1120. The average molecular weight is 397 g/mol. The summed E-state index contributed by atoms with van der Waals surface area (Å²) in [5, 5.41) is 0. The van der Waals surface area contributed by atoms with Gasteiger partial charge in [0.05, 0.1) is 16.8 Å². The van der Waals surface area contributed by atoms with Crippen molar-refractivity contribution < 1.29 is 14.3 Å². The summed E-state index contributed by atoms with van der Waals surface area (Å²) in [5.74, 6) is -0.660. The van der Waals surface area contributed by atoms with Crippen LogP contribution in [0.5, 0.6) is 0 Å². The molecule has 0 spiro atoms. The van der Waals surface area contributed by atoms with Gasteiger partial charge in [-0.2, -0.15) is 4.99 Å². The normalized spacial score (nSPS) is 11.8. The smallest absolute Gasteiger partial charge is 0.326 e. The first kappa shape index (κ1) is 20.0. The van der Waals surface area contributed by atoms with Crippen molar-refractivity contribution in [1.29, 1.82) is 0 Å². The topological polar surface area (TPSA) is 60.7 Å². The molecule has 146 valence electrons. The van der Waals surface area contributed by atoms with E-state index in [4.69, 9.17) is 4.74 Å². The monoisotopic (exact) mass is 396 g/mol. The number of esters is 1. The molecule has 28 heavy (non-hydrogen) atoms. The van der Waals surface area contributed by atoms with Crippen LogP contribution in [-0.2, 0) is 16.1 Å². The zero-order chi connectivity index (χ0) is 20.4. The van der Waals surface area contributed by atoms with E-state index in [0.717, 1.165) is 32.5 Å². The summed E-state index contributed by atoms with van der Waals surface area (Å²) in [6.07, 6.45) is 0. The number of thiazole rings is 1. The van der Waals surface area contributed by atoms with E-state index in [1.807, 2.05) is 52.0 Å². The fourth-order valence-electron chi connectivity index (χ4n) is 3.34. The van der Waals surface area contributed by atoms with E-state index in [-0.39, 0.29) is 18.4 Å². The van der Waals surface area contributed by atoms with Crippen molar-refractivity contribution in [2.75, 3.05) is 6.61 Å². The van der Waals surface area contributed by atoms with Gasteiger partial charge in [0.15, 0.2) is 4.80 Å². The highest BCUT2D eigenvalue weighted by Crippen LogP contribution is 2.23. The predicted molar refractivity (Wildman–Crippen MR) is 112 cm³/mol. The van der Waals surface area contributed by atoms with Crippen LogP contribution in [0.15, 0.2) is 35.3 Å². The molecule has 0 unspecified atom stereocenters. The summed E-state index contributed by atoms with van der Waals surface area (Å²) in [6.45, 7) is 10.1. The SMILES string of the molecule is CCOC(=O)Cn1c(=NC(=O)c2cc(C)cc(C)c2)sc2c(C)cc(C)cc21. The number of carbonyl (C=O) groups is 2. The minimum atomic E-state index is -0.346. The van der Waals surface area contributed by atoms with Crippen LogP contribution in [-0.4, -0.2) is 23.1 Å². The number of rotatable bonds is 4. The summed E-state index contributed by atoms with van der Waals surface area (Å²) in [5.41, 5.74) is 5.65. The van der Waals surface area contributed by atoms with E-state index in [1.165, 1.54) is 11.3 Å². The number of nitrogens with zero attached hydrogens (tertiary/aromatic N) is 2. The van der Waals surface area contributed by atoms with Crippen LogP contribution in [0, 0.1) is 27.7 Å². The molecule has 1 aromatic heterocycles. The molecule has 0 saturated heterocycles. The van der Waals surface area contributed by atoms with Crippen LogP contribution >= 0.6 is 11.3 Å². The standard InChI is InChI=1S/C22H24N2O3S/c1-6-27-19(25)12-24-18-11-15(4)8-16(5)20(18)28-22(24)23-21(26)17-9-13(2)7-14(3)10-17/h7-11H,6,12H2,1-5H3. The van der Waals surface area contributed by atoms with Gasteiger partial charge in [-0.15, -0.1) is 0 Å². The molecule has 2 aromatic carbocycles. The fourth-order valence-corrected chi connectivity index (χ4v) is 4.41. The van der Waals surface area contributed by atoms with Crippen molar-refractivity contribution in [3.63, 3.8) is 0 Å². The van der Waals surface area contributed by atoms with Crippen LogP contribution in [0.1, 0.15) is 39.5 Å². The zero-order valence-corrected chi connectivity index (χ0v) is 17.6. The van der Waals surface area contributed by atoms with E-state index in [9.17, 15) is 9.59 Å². The van der Waals surface area contributed by atoms with E-state index in [1.54, 1.807) is 11.5 Å². The molecule has 0 aliphatic heterocycles. The Hall–Kier alpha value is -2.73. The molecule has 1 heterocycles. The highest BCUT2D eigenvalue weighted by Gasteiger charge is 2.15. The van der Waals surface area contributed by atoms with Crippen LogP contribution in [0.25, 0.3) is 10.2 Å². The minimum absolute atomic E-state index is 0.0235. The number of hydrogen-bond donors (Lipinski definition) is 0. The highest BCUT2D eigenvalue weighted by atomic mass is 32.1. The lowest BCUT2D eigenvalue weighted by molar-refractivity contribution is -0.143. The number of aryl methyl sites for hydroxylation is 4. The Morgan fingerprint density at radius 2 is 1.64 bits per heavy atom. The molecule has 0 aliphatic carbocycles. The van der Waals surface area contributed by atoms with Crippen LogP contribution in [0.2, 0.25) is 0 Å². The summed E-state index contributed by atoms with van der Waals surface area (Å²) < 4.78 is 7.91. The molecule has 0 saturated carbocycles. The maximum atomic E-state index is 12.8. The Balaban J connectivity index is 2.18. The molecule has 3 aromatic rings. The highest BCUT2D eigenvalue weighted by molar-refractivity contribution is 7.16. The second-order valence-electron chi connectivity index (χ2n) is 7.00. The second-order valence-corrected chi connectivity index (χ2v) is 7.98. The first-order valence-electron chi connectivity index (χ1n) is 9.22. The molecule has 0 aliphatic rings. The molecule has 6 heteroatoms. The van der Waals surface area contributed by atoms with Gasteiger partial charge in [0.2, 0.25) is 0 Å². The number of carbonyl (C=O) groups excluding carboxylic acids is 2. The summed E-state index contributed by atoms with van der Waals surface area (Å²) in [4.78, 5) is 29.8. The van der Waals surface area contributed by atoms with Gasteiger partial charge in [-0.1, -0.05) is 34.6 Å². The van der Waals surface area contributed by atoms with Gasteiger partial charge in [-0.25, -0.2) is 0 Å². The van der Waals surface area contributed by atoms with E-state index in [2.05, 4.69) is 11.1 Å². The third-order valence-corrected chi connectivity index (χ3v) is 5.60. The lowest BCUT2D eigenvalue weighted by Crippen LogP contribution is -2.23. The van der Waals surface area contributed by atoms with Gasteiger partial charge in [-0.05, 0) is 63.9 Å². The van der Waals surface area contributed by atoms with Gasteiger partial charge in [-0.3, -0.25) is 9.59 Å². The first-order chi connectivity index (χ1) is 13.3. The molecule has 3 rings (SSSR count). The Morgan fingerprint density at radius 1 is 1.00 bits per heavy atom. The van der Waals surface area contributed by atoms with Crippen molar-refractivity contribution >= 4 is 33.4 Å². The molecule has 0 N–H and O–H groups in total. The molecule has 0 fully saturated rings. The van der Waals surface area contributed by atoms with Crippen LogP contribution in [0.4, 0.5) is 0 Å². The number of benzene rings is 2. The van der Waals surface area contributed by atoms with Gasteiger partial charge < -0.3 is 9.30 Å². The quantitative estimate of drug-likeness (QED) is 0.620. The zero-order valence-electron chi connectivity index (χ0n) is 16.8. The van der Waals surface area contributed by atoms with Crippen molar-refractivity contribution in [3.05, 3.63) is 63.0 Å². The number of fused-ring (bicyclic) bond motifs is 1. The maximum absolute atomic E-state index is 12.8. The largest absolute Gasteiger partial charge is 0.465 e. The Morgan fingerprint density at radius 3 is 2.29 bits per heavy atom. The minimum Gasteiger partial charge on any atom is -0.465 e. The van der Waals surface area contributed by atoms with E-state index < -0.39 is 0 Å². The predicted octanol–water partition coefficient (Wildman–Crippen LogP) is 4.24.